The lowest BCUT2D eigenvalue weighted by molar-refractivity contribution is 0.0192. The van der Waals surface area contributed by atoms with E-state index in [0.29, 0.717) is 19.1 Å². The van der Waals surface area contributed by atoms with Gasteiger partial charge in [-0.05, 0) is 74.7 Å². The number of carbonyl (C=O) groups excluding carboxylic acids is 1. The fourth-order valence-electron chi connectivity index (χ4n) is 5.49. The van der Waals surface area contributed by atoms with E-state index in [1.807, 2.05) is 49.1 Å². The van der Waals surface area contributed by atoms with Crippen molar-refractivity contribution in [2.45, 2.75) is 52.4 Å². The first-order valence-corrected chi connectivity index (χ1v) is 14.0. The summed E-state index contributed by atoms with van der Waals surface area (Å²) in [6, 6.07) is 24.5. The standard InChI is InChI=1S/C31H38BrN3O2/c1-5-33(6-2)31(37)29-13-8-7-12-28(29)30(25-10-9-11-27(36)18-25)35-20-22(3)34(19-23(35)4)21-24-14-16-26(32)17-15-24/h7-18,22-23,30,36H,5-6,19-21H2,1-4H3/t22-,23+,30-/m1/s1. The molecule has 1 aliphatic rings. The van der Waals surface area contributed by atoms with Crippen molar-refractivity contribution in [1.82, 2.24) is 14.7 Å². The maximum absolute atomic E-state index is 13.6. The summed E-state index contributed by atoms with van der Waals surface area (Å²) in [5.74, 6) is 0.296. The molecular weight excluding hydrogens is 526 g/mol. The van der Waals surface area contributed by atoms with E-state index in [1.54, 1.807) is 6.07 Å². The number of amides is 1. The number of halogens is 1. The van der Waals surface area contributed by atoms with Crippen LogP contribution in [0.4, 0.5) is 0 Å². The summed E-state index contributed by atoms with van der Waals surface area (Å²) in [6.07, 6.45) is 0. The highest BCUT2D eigenvalue weighted by Crippen LogP contribution is 2.36. The van der Waals surface area contributed by atoms with E-state index >= 15 is 0 Å². The number of phenols is 1. The van der Waals surface area contributed by atoms with Gasteiger partial charge in [-0.1, -0.05) is 58.4 Å². The molecule has 0 aromatic heterocycles. The van der Waals surface area contributed by atoms with Gasteiger partial charge in [0.1, 0.15) is 5.75 Å². The van der Waals surface area contributed by atoms with Crippen LogP contribution in [0.2, 0.25) is 0 Å². The second-order valence-corrected chi connectivity index (χ2v) is 10.9. The number of benzene rings is 3. The molecule has 0 aliphatic carbocycles. The van der Waals surface area contributed by atoms with Crippen molar-refractivity contribution >= 4 is 21.8 Å². The number of hydrogen-bond donors (Lipinski definition) is 1. The van der Waals surface area contributed by atoms with Crippen molar-refractivity contribution in [2.24, 2.45) is 0 Å². The van der Waals surface area contributed by atoms with Crippen molar-refractivity contribution in [3.8, 4) is 5.75 Å². The molecule has 3 aromatic rings. The molecule has 0 spiro atoms. The average molecular weight is 565 g/mol. The molecular formula is C31H38BrN3O2. The molecule has 0 bridgehead atoms. The van der Waals surface area contributed by atoms with Crippen LogP contribution in [0, 0.1) is 0 Å². The fraction of sp³-hybridized carbons (Fsp3) is 0.387. The van der Waals surface area contributed by atoms with Gasteiger partial charge in [0, 0.05) is 54.8 Å². The fourth-order valence-corrected chi connectivity index (χ4v) is 5.75. The van der Waals surface area contributed by atoms with Gasteiger partial charge in [0.25, 0.3) is 5.91 Å². The molecule has 1 N–H and O–H groups in total. The molecule has 196 valence electrons. The number of aromatic hydroxyl groups is 1. The zero-order valence-electron chi connectivity index (χ0n) is 22.3. The van der Waals surface area contributed by atoms with Crippen LogP contribution in [0.15, 0.2) is 77.3 Å². The predicted molar refractivity (Wildman–Crippen MR) is 154 cm³/mol. The quantitative estimate of drug-likeness (QED) is 0.348. The van der Waals surface area contributed by atoms with Crippen LogP contribution in [0.25, 0.3) is 0 Å². The van der Waals surface area contributed by atoms with Crippen LogP contribution in [0.3, 0.4) is 0 Å². The Hall–Kier alpha value is -2.67. The maximum Gasteiger partial charge on any atom is 0.254 e. The van der Waals surface area contributed by atoms with Crippen molar-refractivity contribution in [1.29, 1.82) is 0 Å². The first kappa shape index (κ1) is 27.4. The molecule has 0 unspecified atom stereocenters. The summed E-state index contributed by atoms with van der Waals surface area (Å²) in [6.45, 7) is 12.6. The van der Waals surface area contributed by atoms with E-state index in [9.17, 15) is 9.90 Å². The Bertz CT molecular complexity index is 1200. The SMILES string of the molecule is CCN(CC)C(=O)c1ccccc1[C@@H](c1cccc(O)c1)N1C[C@@H](C)N(Cc2ccc(Br)cc2)C[C@@H]1C. The highest BCUT2D eigenvalue weighted by atomic mass is 79.9. The summed E-state index contributed by atoms with van der Waals surface area (Å²) < 4.78 is 1.09. The van der Waals surface area contributed by atoms with E-state index in [1.165, 1.54) is 5.56 Å². The highest BCUT2D eigenvalue weighted by molar-refractivity contribution is 9.10. The summed E-state index contributed by atoms with van der Waals surface area (Å²) in [7, 11) is 0. The Kier molecular flexibility index (Phi) is 9.06. The molecule has 0 radical (unpaired) electrons. The van der Waals surface area contributed by atoms with Gasteiger partial charge in [-0.3, -0.25) is 14.6 Å². The van der Waals surface area contributed by atoms with Gasteiger partial charge >= 0.3 is 0 Å². The van der Waals surface area contributed by atoms with Gasteiger partial charge in [0.15, 0.2) is 0 Å². The highest BCUT2D eigenvalue weighted by Gasteiger charge is 2.36. The van der Waals surface area contributed by atoms with Gasteiger partial charge in [-0.25, -0.2) is 0 Å². The first-order valence-electron chi connectivity index (χ1n) is 13.2. The third-order valence-electron chi connectivity index (χ3n) is 7.52. The third-order valence-corrected chi connectivity index (χ3v) is 8.04. The van der Waals surface area contributed by atoms with Crippen molar-refractivity contribution in [3.05, 3.63) is 99.5 Å². The number of carbonyl (C=O) groups is 1. The molecule has 5 nitrogen and oxygen atoms in total. The van der Waals surface area contributed by atoms with Crippen LogP contribution < -0.4 is 0 Å². The molecule has 1 aliphatic heterocycles. The minimum atomic E-state index is -0.143. The zero-order valence-corrected chi connectivity index (χ0v) is 23.9. The summed E-state index contributed by atoms with van der Waals surface area (Å²) in [4.78, 5) is 20.5. The van der Waals surface area contributed by atoms with Gasteiger partial charge < -0.3 is 10.0 Å². The molecule has 1 saturated heterocycles. The molecule has 4 rings (SSSR count). The molecule has 3 aromatic carbocycles. The minimum absolute atomic E-state index is 0.0559. The normalized spacial score (nSPS) is 19.5. The van der Waals surface area contributed by atoms with Gasteiger partial charge in [-0.2, -0.15) is 0 Å². The van der Waals surface area contributed by atoms with E-state index in [4.69, 9.17) is 0 Å². The minimum Gasteiger partial charge on any atom is -0.508 e. The van der Waals surface area contributed by atoms with Gasteiger partial charge in [-0.15, -0.1) is 0 Å². The number of nitrogens with zero attached hydrogens (tertiary/aromatic N) is 3. The Morgan fingerprint density at radius 1 is 0.973 bits per heavy atom. The molecule has 1 amide bonds. The first-order chi connectivity index (χ1) is 17.8. The van der Waals surface area contributed by atoms with Crippen LogP contribution in [0.1, 0.15) is 60.8 Å². The van der Waals surface area contributed by atoms with E-state index in [2.05, 4.69) is 76.0 Å². The Labute approximate surface area is 229 Å². The number of hydrogen-bond acceptors (Lipinski definition) is 4. The molecule has 1 heterocycles. The Morgan fingerprint density at radius 2 is 1.68 bits per heavy atom. The molecule has 1 fully saturated rings. The van der Waals surface area contributed by atoms with Gasteiger partial charge in [0.05, 0.1) is 6.04 Å². The predicted octanol–water partition coefficient (Wildman–Crippen LogP) is 6.32. The van der Waals surface area contributed by atoms with Gasteiger partial charge in [0.2, 0.25) is 0 Å². The van der Waals surface area contributed by atoms with Crippen molar-refractivity contribution in [2.75, 3.05) is 26.2 Å². The number of piperazine rings is 1. The lowest BCUT2D eigenvalue weighted by Gasteiger charge is -2.48. The second kappa shape index (κ2) is 12.2. The summed E-state index contributed by atoms with van der Waals surface area (Å²) in [5, 5.41) is 10.4. The second-order valence-electron chi connectivity index (χ2n) is 10.0. The average Bonchev–Trinajstić information content (AvgIpc) is 2.89. The molecule has 6 heteroatoms. The lowest BCUT2D eigenvalue weighted by atomic mass is 9.90. The molecule has 3 atom stereocenters. The van der Waals surface area contributed by atoms with Crippen LogP contribution in [-0.4, -0.2) is 64.0 Å². The molecule has 0 saturated carbocycles. The van der Waals surface area contributed by atoms with Crippen LogP contribution in [-0.2, 0) is 6.54 Å². The summed E-state index contributed by atoms with van der Waals surface area (Å²) in [5.41, 5.74) is 4.03. The van der Waals surface area contributed by atoms with Crippen LogP contribution >= 0.6 is 15.9 Å². The third kappa shape index (κ3) is 6.25. The number of phenolic OH excluding ortho intramolecular Hbond substituents is 1. The topological polar surface area (TPSA) is 47.0 Å². The van der Waals surface area contributed by atoms with Crippen molar-refractivity contribution in [3.63, 3.8) is 0 Å². The van der Waals surface area contributed by atoms with E-state index < -0.39 is 0 Å². The summed E-state index contributed by atoms with van der Waals surface area (Å²) >= 11 is 3.53. The molecule has 37 heavy (non-hydrogen) atoms. The zero-order chi connectivity index (χ0) is 26.5. The van der Waals surface area contributed by atoms with Crippen molar-refractivity contribution < 1.29 is 9.90 Å². The maximum atomic E-state index is 13.6. The Balaban J connectivity index is 1.70. The smallest absolute Gasteiger partial charge is 0.254 e. The largest absolute Gasteiger partial charge is 0.508 e. The lowest BCUT2D eigenvalue weighted by Crippen LogP contribution is -2.57. The Morgan fingerprint density at radius 3 is 2.35 bits per heavy atom. The van der Waals surface area contributed by atoms with E-state index in [0.717, 1.165) is 40.8 Å². The monoisotopic (exact) mass is 563 g/mol. The number of rotatable bonds is 8. The van der Waals surface area contributed by atoms with E-state index in [-0.39, 0.29) is 23.7 Å². The van der Waals surface area contributed by atoms with Crippen LogP contribution in [0.5, 0.6) is 5.75 Å².